The van der Waals surface area contributed by atoms with Crippen molar-refractivity contribution < 1.29 is 15.0 Å². The Morgan fingerprint density at radius 2 is 1.55 bits per heavy atom. The molecule has 1 amide bonds. The van der Waals surface area contributed by atoms with Gasteiger partial charge in [-0.05, 0) is 40.0 Å². The molecule has 1 heterocycles. The summed E-state index contributed by atoms with van der Waals surface area (Å²) in [6.45, 7) is 12.4. The predicted octanol–water partition coefficient (Wildman–Crippen LogP) is 6.42. The van der Waals surface area contributed by atoms with Crippen LogP contribution in [0.4, 0.5) is 5.69 Å². The molecule has 31 heavy (non-hydrogen) atoms. The molecular formula is C25H31N3O3. The minimum atomic E-state index is -0.368. The van der Waals surface area contributed by atoms with E-state index in [2.05, 4.69) is 56.8 Å². The Balaban J connectivity index is 1.81. The van der Waals surface area contributed by atoms with Gasteiger partial charge in [0.05, 0.1) is 5.52 Å². The van der Waals surface area contributed by atoms with Gasteiger partial charge in [-0.2, -0.15) is 0 Å². The number of phenols is 1. The zero-order valence-electron chi connectivity index (χ0n) is 19.1. The van der Waals surface area contributed by atoms with E-state index >= 15 is 0 Å². The second kappa shape index (κ2) is 8.17. The normalized spacial score (nSPS) is 12.7. The van der Waals surface area contributed by atoms with Crippen molar-refractivity contribution in [3.63, 3.8) is 0 Å². The van der Waals surface area contributed by atoms with Crippen molar-refractivity contribution in [3.8, 4) is 11.6 Å². The minimum Gasteiger partial charge on any atom is -0.507 e. The number of fused-ring (bicyclic) bond motifs is 1. The summed E-state index contributed by atoms with van der Waals surface area (Å²) in [5, 5.41) is 29.4. The lowest BCUT2D eigenvalue weighted by molar-refractivity contribution is -0.118. The van der Waals surface area contributed by atoms with Crippen LogP contribution in [-0.4, -0.2) is 21.1 Å². The number of nitrogens with zero attached hydrogens (tertiary/aromatic N) is 2. The Kier molecular flexibility index (Phi) is 5.94. The zero-order valence-corrected chi connectivity index (χ0v) is 19.1. The second-order valence-electron chi connectivity index (χ2n) is 10.0. The van der Waals surface area contributed by atoms with Crippen LogP contribution >= 0.6 is 0 Å². The van der Waals surface area contributed by atoms with Gasteiger partial charge in [0.25, 0.3) is 5.91 Å². The summed E-state index contributed by atoms with van der Waals surface area (Å²) in [7, 11) is 0. The summed E-state index contributed by atoms with van der Waals surface area (Å²) in [5.41, 5.74) is 3.26. The molecule has 0 spiro atoms. The number of benzene rings is 2. The van der Waals surface area contributed by atoms with Gasteiger partial charge < -0.3 is 15.2 Å². The van der Waals surface area contributed by atoms with E-state index in [0.29, 0.717) is 17.6 Å². The Hall–Kier alpha value is -3.15. The first-order chi connectivity index (χ1) is 14.4. The number of hydrogen-bond acceptors (Lipinski definition) is 4. The van der Waals surface area contributed by atoms with Crippen LogP contribution in [0.1, 0.15) is 64.7 Å². The summed E-state index contributed by atoms with van der Waals surface area (Å²) in [4.78, 5) is 15.2. The molecule has 0 aliphatic rings. The number of aromatic amines is 1. The number of aryl methyl sites for hydroxylation is 1. The highest BCUT2D eigenvalue weighted by Gasteiger charge is 2.26. The van der Waals surface area contributed by atoms with Crippen LogP contribution in [0.25, 0.3) is 10.9 Å². The van der Waals surface area contributed by atoms with Crippen molar-refractivity contribution in [2.24, 2.45) is 10.2 Å². The van der Waals surface area contributed by atoms with Crippen LogP contribution in [0.3, 0.4) is 0 Å². The topological polar surface area (TPSA) is 98.0 Å². The third kappa shape index (κ3) is 4.95. The number of azo groups is 1. The number of carbonyl (C=O) groups excluding carboxylic acids is 1. The molecule has 0 radical (unpaired) electrons. The van der Waals surface area contributed by atoms with Crippen molar-refractivity contribution >= 4 is 22.5 Å². The lowest BCUT2D eigenvalue weighted by Gasteiger charge is -2.28. The van der Waals surface area contributed by atoms with E-state index < -0.39 is 0 Å². The summed E-state index contributed by atoms with van der Waals surface area (Å²) >= 11 is 0. The molecule has 0 saturated carbocycles. The fraction of sp³-hybridized carbons (Fsp3) is 0.400. The number of H-pyrrole nitrogens is 1. The number of phenolic OH excluding ortho intramolecular Hbond substituents is 1. The van der Waals surface area contributed by atoms with E-state index in [9.17, 15) is 15.0 Å². The number of nitrogens with one attached hydrogen (secondary N) is 1. The van der Waals surface area contributed by atoms with Crippen LogP contribution in [0.2, 0.25) is 0 Å². The fourth-order valence-electron chi connectivity index (χ4n) is 3.60. The Labute approximate surface area is 183 Å². The highest BCUT2D eigenvalue weighted by atomic mass is 16.3. The van der Waals surface area contributed by atoms with Gasteiger partial charge in [-0.3, -0.25) is 4.79 Å². The molecule has 0 unspecified atom stereocenters. The van der Waals surface area contributed by atoms with Gasteiger partial charge in [-0.15, -0.1) is 10.2 Å². The second-order valence-corrected chi connectivity index (χ2v) is 10.0. The highest BCUT2D eigenvalue weighted by molar-refractivity contribution is 5.94. The third-order valence-electron chi connectivity index (χ3n) is 5.33. The van der Waals surface area contributed by atoms with E-state index in [-0.39, 0.29) is 34.7 Å². The number of aromatic hydroxyl groups is 2. The van der Waals surface area contributed by atoms with Gasteiger partial charge in [0.2, 0.25) is 5.88 Å². The first-order valence-electron chi connectivity index (χ1n) is 10.5. The molecule has 0 aliphatic carbocycles. The highest BCUT2D eigenvalue weighted by Crippen LogP contribution is 2.40. The first-order valence-corrected chi connectivity index (χ1v) is 10.5. The monoisotopic (exact) mass is 421 g/mol. The maximum absolute atomic E-state index is 12.4. The molecule has 3 aromatic rings. The molecule has 0 bridgehead atoms. The number of rotatable bonds is 4. The molecule has 0 aliphatic heterocycles. The molecule has 3 N–H and O–H groups in total. The summed E-state index contributed by atoms with van der Waals surface area (Å²) < 4.78 is 0. The largest absolute Gasteiger partial charge is 0.507 e. The molecule has 164 valence electrons. The van der Waals surface area contributed by atoms with Crippen molar-refractivity contribution in [2.45, 2.75) is 65.2 Å². The molecule has 6 nitrogen and oxygen atoms in total. The number of amides is 1. The van der Waals surface area contributed by atoms with Gasteiger partial charge in [0.1, 0.15) is 5.75 Å². The Morgan fingerprint density at radius 1 is 0.968 bits per heavy atom. The van der Waals surface area contributed by atoms with Crippen LogP contribution < -0.4 is 0 Å². The van der Waals surface area contributed by atoms with Crippen molar-refractivity contribution in [1.29, 1.82) is 0 Å². The van der Waals surface area contributed by atoms with E-state index in [1.807, 2.05) is 36.4 Å². The maximum atomic E-state index is 12.4. The SMILES string of the molecule is CC(C)(C)c1cc(CCC(=O)N=Nc2c(O)[nH]c3ccccc23)cc(C(C)(C)C)c1O. The predicted molar refractivity (Wildman–Crippen MR) is 123 cm³/mol. The number of hydrogen-bond donors (Lipinski definition) is 3. The Bertz CT molecular complexity index is 1110. The van der Waals surface area contributed by atoms with E-state index in [4.69, 9.17) is 0 Å². The van der Waals surface area contributed by atoms with Crippen LogP contribution in [-0.2, 0) is 22.0 Å². The number of carbonyl (C=O) groups is 1. The molecule has 0 atom stereocenters. The molecule has 1 aromatic heterocycles. The Morgan fingerprint density at radius 3 is 2.13 bits per heavy atom. The van der Waals surface area contributed by atoms with Crippen molar-refractivity contribution in [2.75, 3.05) is 0 Å². The maximum Gasteiger partial charge on any atom is 0.265 e. The van der Waals surface area contributed by atoms with Crippen molar-refractivity contribution in [3.05, 3.63) is 53.1 Å². The lowest BCUT2D eigenvalue weighted by atomic mass is 9.78. The van der Waals surface area contributed by atoms with Crippen LogP contribution in [0, 0.1) is 0 Å². The van der Waals surface area contributed by atoms with Gasteiger partial charge in [0.15, 0.2) is 5.69 Å². The smallest absolute Gasteiger partial charge is 0.265 e. The van der Waals surface area contributed by atoms with Gasteiger partial charge in [-0.25, -0.2) is 0 Å². The third-order valence-corrected chi connectivity index (χ3v) is 5.33. The quantitative estimate of drug-likeness (QED) is 0.424. The summed E-state index contributed by atoms with van der Waals surface area (Å²) in [5.74, 6) is -0.155. The summed E-state index contributed by atoms with van der Waals surface area (Å²) in [6.07, 6.45) is 0.675. The summed E-state index contributed by atoms with van der Waals surface area (Å²) in [6, 6.07) is 11.3. The van der Waals surface area contributed by atoms with E-state index in [1.165, 1.54) is 0 Å². The molecule has 0 fully saturated rings. The molecule has 3 rings (SSSR count). The first kappa shape index (κ1) is 22.5. The lowest BCUT2D eigenvalue weighted by Crippen LogP contribution is -2.18. The average molecular weight is 422 g/mol. The number of para-hydroxylation sites is 1. The fourth-order valence-corrected chi connectivity index (χ4v) is 3.60. The molecule has 2 aromatic carbocycles. The van der Waals surface area contributed by atoms with Gasteiger partial charge in [-0.1, -0.05) is 71.9 Å². The number of aromatic nitrogens is 1. The van der Waals surface area contributed by atoms with Gasteiger partial charge >= 0.3 is 0 Å². The van der Waals surface area contributed by atoms with Crippen LogP contribution in [0.15, 0.2) is 46.6 Å². The average Bonchev–Trinajstić information content (AvgIpc) is 2.98. The van der Waals surface area contributed by atoms with Crippen LogP contribution in [0.5, 0.6) is 11.6 Å². The minimum absolute atomic E-state index is 0.110. The standard InChI is InChI=1S/C25H31N3O3/c1-24(2,3)17-13-15(14-18(22(17)30)25(4,5)6)11-12-20(29)27-28-21-16-9-7-8-10-19(16)26-23(21)31/h7-10,13-14,26,30-31H,11-12H2,1-6H3. The molecule has 6 heteroatoms. The zero-order chi connectivity index (χ0) is 23.0. The van der Waals surface area contributed by atoms with E-state index in [0.717, 1.165) is 22.2 Å². The van der Waals surface area contributed by atoms with Crippen molar-refractivity contribution in [1.82, 2.24) is 4.98 Å². The van der Waals surface area contributed by atoms with Gasteiger partial charge in [0, 0.05) is 11.8 Å². The molecular weight excluding hydrogens is 390 g/mol. The van der Waals surface area contributed by atoms with E-state index in [1.54, 1.807) is 0 Å². The molecule has 0 saturated heterocycles.